The van der Waals surface area contributed by atoms with Crippen LogP contribution in [0, 0.1) is 6.92 Å². The van der Waals surface area contributed by atoms with Crippen molar-refractivity contribution in [2.75, 3.05) is 54.0 Å². The van der Waals surface area contributed by atoms with Gasteiger partial charge in [-0.2, -0.15) is 0 Å². The fraction of sp³-hybridized carbons (Fsp3) is 0.696. The van der Waals surface area contributed by atoms with Crippen LogP contribution in [0.25, 0.3) is 0 Å². The Morgan fingerprint density at radius 2 is 1.90 bits per heavy atom. The van der Waals surface area contributed by atoms with Gasteiger partial charge in [-0.15, -0.1) is 0 Å². The lowest BCUT2D eigenvalue weighted by Gasteiger charge is -2.43. The fourth-order valence-electron chi connectivity index (χ4n) is 4.43. The average molecular weight is 402 g/mol. The van der Waals surface area contributed by atoms with Crippen molar-refractivity contribution in [3.8, 4) is 0 Å². The van der Waals surface area contributed by atoms with Crippen LogP contribution in [0.15, 0.2) is 29.3 Å². The summed E-state index contributed by atoms with van der Waals surface area (Å²) in [4.78, 5) is 9.40. The highest BCUT2D eigenvalue weighted by atomic mass is 16.5. The Hall–Kier alpha value is -1.63. The van der Waals surface area contributed by atoms with E-state index in [0.717, 1.165) is 71.0 Å². The Morgan fingerprint density at radius 3 is 2.52 bits per heavy atom. The van der Waals surface area contributed by atoms with Crippen LogP contribution >= 0.6 is 0 Å². The Labute approximate surface area is 176 Å². The van der Waals surface area contributed by atoms with E-state index in [1.165, 1.54) is 11.1 Å². The van der Waals surface area contributed by atoms with Crippen molar-refractivity contribution in [1.82, 2.24) is 20.4 Å². The normalized spacial score (nSPS) is 21.3. The number of likely N-dealkylation sites (tertiary alicyclic amines) is 1. The van der Waals surface area contributed by atoms with E-state index in [2.05, 4.69) is 70.7 Å². The van der Waals surface area contributed by atoms with Gasteiger partial charge < -0.3 is 20.3 Å². The zero-order valence-electron chi connectivity index (χ0n) is 18.7. The van der Waals surface area contributed by atoms with E-state index >= 15 is 0 Å². The minimum Gasteiger partial charge on any atom is -0.381 e. The fourth-order valence-corrected chi connectivity index (χ4v) is 4.43. The summed E-state index contributed by atoms with van der Waals surface area (Å²) in [5, 5.41) is 7.25. The Kier molecular flexibility index (Phi) is 7.92. The zero-order chi connectivity index (χ0) is 20.7. The van der Waals surface area contributed by atoms with E-state index in [-0.39, 0.29) is 5.54 Å². The van der Waals surface area contributed by atoms with Gasteiger partial charge >= 0.3 is 0 Å². The van der Waals surface area contributed by atoms with Crippen molar-refractivity contribution in [1.29, 1.82) is 0 Å². The zero-order valence-corrected chi connectivity index (χ0v) is 18.7. The largest absolute Gasteiger partial charge is 0.381 e. The molecule has 2 heterocycles. The summed E-state index contributed by atoms with van der Waals surface area (Å²) in [5.41, 5.74) is 2.98. The molecule has 1 aromatic carbocycles. The molecule has 29 heavy (non-hydrogen) atoms. The standard InChI is InChI=1S/C23H39N5O/c1-19-7-5-6-8-20(19)17-28-13-9-21(10-14-28)26-22(24-2)25-18-23(27(3)4)11-15-29-16-12-23/h5-8,21H,9-18H2,1-4H3,(H2,24,25,26). The molecular formula is C23H39N5O. The van der Waals surface area contributed by atoms with Crippen LogP contribution in [0.2, 0.25) is 0 Å². The molecule has 0 radical (unpaired) electrons. The molecule has 0 amide bonds. The second-order valence-electron chi connectivity index (χ2n) is 8.78. The van der Waals surface area contributed by atoms with E-state index in [4.69, 9.17) is 4.74 Å². The third kappa shape index (κ3) is 5.93. The number of benzene rings is 1. The molecule has 2 fully saturated rings. The Morgan fingerprint density at radius 1 is 1.21 bits per heavy atom. The molecule has 0 aromatic heterocycles. The third-order valence-corrected chi connectivity index (χ3v) is 6.76. The summed E-state index contributed by atoms with van der Waals surface area (Å²) < 4.78 is 5.58. The maximum Gasteiger partial charge on any atom is 0.191 e. The number of piperidine rings is 1. The molecule has 0 aliphatic carbocycles. The number of aliphatic imine (C=N–C) groups is 1. The number of nitrogens with zero attached hydrogens (tertiary/aromatic N) is 3. The highest BCUT2D eigenvalue weighted by Crippen LogP contribution is 2.25. The van der Waals surface area contributed by atoms with Gasteiger partial charge in [0, 0.05) is 58.0 Å². The van der Waals surface area contributed by atoms with Crippen molar-refractivity contribution >= 4 is 5.96 Å². The first-order valence-corrected chi connectivity index (χ1v) is 11.0. The predicted molar refractivity (Wildman–Crippen MR) is 120 cm³/mol. The average Bonchev–Trinajstić information content (AvgIpc) is 2.74. The van der Waals surface area contributed by atoms with Crippen molar-refractivity contribution in [2.24, 2.45) is 4.99 Å². The summed E-state index contributed by atoms with van der Waals surface area (Å²) in [6.07, 6.45) is 4.42. The summed E-state index contributed by atoms with van der Waals surface area (Å²) in [6, 6.07) is 9.21. The molecular weight excluding hydrogens is 362 g/mol. The van der Waals surface area contributed by atoms with Crippen molar-refractivity contribution in [2.45, 2.75) is 50.7 Å². The van der Waals surface area contributed by atoms with Gasteiger partial charge in [0.2, 0.25) is 0 Å². The van der Waals surface area contributed by atoms with Crippen LogP contribution in [-0.4, -0.2) is 81.3 Å². The van der Waals surface area contributed by atoms with Crippen LogP contribution in [0.1, 0.15) is 36.8 Å². The van der Waals surface area contributed by atoms with E-state index in [9.17, 15) is 0 Å². The molecule has 2 aliphatic heterocycles. The SMILES string of the molecule is CN=C(NCC1(N(C)C)CCOCC1)NC1CCN(Cc2ccccc2C)CC1. The second-order valence-corrected chi connectivity index (χ2v) is 8.78. The van der Waals surface area contributed by atoms with Gasteiger partial charge in [-0.3, -0.25) is 9.89 Å². The quantitative estimate of drug-likeness (QED) is 0.566. The smallest absolute Gasteiger partial charge is 0.191 e. The van der Waals surface area contributed by atoms with E-state index < -0.39 is 0 Å². The Balaban J connectivity index is 1.45. The lowest BCUT2D eigenvalue weighted by Crippen LogP contribution is -2.58. The van der Waals surface area contributed by atoms with Gasteiger partial charge in [-0.25, -0.2) is 0 Å². The van der Waals surface area contributed by atoms with Gasteiger partial charge in [0.1, 0.15) is 0 Å². The summed E-state index contributed by atoms with van der Waals surface area (Å²) in [7, 11) is 6.22. The number of aryl methyl sites for hydroxylation is 1. The molecule has 2 N–H and O–H groups in total. The molecule has 6 nitrogen and oxygen atoms in total. The first kappa shape index (κ1) is 22.1. The lowest BCUT2D eigenvalue weighted by molar-refractivity contribution is -0.00504. The van der Waals surface area contributed by atoms with Crippen LogP contribution < -0.4 is 10.6 Å². The molecule has 0 bridgehead atoms. The highest BCUT2D eigenvalue weighted by Gasteiger charge is 2.35. The van der Waals surface area contributed by atoms with Gasteiger partial charge in [0.05, 0.1) is 0 Å². The molecule has 0 saturated carbocycles. The first-order chi connectivity index (χ1) is 14.0. The molecule has 2 saturated heterocycles. The Bertz CT molecular complexity index is 661. The third-order valence-electron chi connectivity index (χ3n) is 6.76. The topological polar surface area (TPSA) is 52.1 Å². The van der Waals surface area contributed by atoms with E-state index in [1.807, 2.05) is 7.05 Å². The number of nitrogens with one attached hydrogen (secondary N) is 2. The van der Waals surface area contributed by atoms with Crippen LogP contribution in [0.5, 0.6) is 0 Å². The number of hydrogen-bond acceptors (Lipinski definition) is 4. The van der Waals surface area contributed by atoms with Crippen molar-refractivity contribution in [3.05, 3.63) is 35.4 Å². The monoisotopic (exact) mass is 401 g/mol. The van der Waals surface area contributed by atoms with Crippen LogP contribution in [0.3, 0.4) is 0 Å². The summed E-state index contributed by atoms with van der Waals surface area (Å²) in [6.45, 7) is 8.09. The minimum absolute atomic E-state index is 0.146. The number of hydrogen-bond donors (Lipinski definition) is 2. The molecule has 6 heteroatoms. The molecule has 3 rings (SSSR count). The summed E-state index contributed by atoms with van der Waals surface area (Å²) >= 11 is 0. The lowest BCUT2D eigenvalue weighted by atomic mass is 9.88. The maximum atomic E-state index is 5.58. The van der Waals surface area contributed by atoms with Gasteiger partial charge in [0.25, 0.3) is 0 Å². The number of rotatable bonds is 6. The molecule has 0 unspecified atom stereocenters. The number of likely N-dealkylation sites (N-methyl/N-ethyl adjacent to an activating group) is 1. The van der Waals surface area contributed by atoms with Gasteiger partial charge in [-0.1, -0.05) is 24.3 Å². The van der Waals surface area contributed by atoms with E-state index in [1.54, 1.807) is 0 Å². The predicted octanol–water partition coefficient (Wildman–Crippen LogP) is 2.24. The number of guanidine groups is 1. The van der Waals surface area contributed by atoms with Gasteiger partial charge in [0.15, 0.2) is 5.96 Å². The maximum absolute atomic E-state index is 5.58. The first-order valence-electron chi connectivity index (χ1n) is 11.0. The molecule has 1 aromatic rings. The van der Waals surface area contributed by atoms with Crippen LogP contribution in [-0.2, 0) is 11.3 Å². The van der Waals surface area contributed by atoms with Gasteiger partial charge in [-0.05, 0) is 57.8 Å². The number of ether oxygens (including phenoxy) is 1. The molecule has 0 atom stereocenters. The van der Waals surface area contributed by atoms with E-state index in [0.29, 0.717) is 6.04 Å². The van der Waals surface area contributed by atoms with Crippen molar-refractivity contribution < 1.29 is 4.74 Å². The van der Waals surface area contributed by atoms with Crippen molar-refractivity contribution in [3.63, 3.8) is 0 Å². The highest BCUT2D eigenvalue weighted by molar-refractivity contribution is 5.80. The second kappa shape index (κ2) is 10.4. The summed E-state index contributed by atoms with van der Waals surface area (Å²) in [5.74, 6) is 0.926. The molecule has 0 spiro atoms. The molecule has 2 aliphatic rings. The minimum atomic E-state index is 0.146. The van der Waals surface area contributed by atoms with Crippen LogP contribution in [0.4, 0.5) is 0 Å². The molecule has 162 valence electrons.